The van der Waals surface area contributed by atoms with Crippen molar-refractivity contribution >= 4 is 50.0 Å². The lowest BCUT2D eigenvalue weighted by atomic mass is 9.97. The van der Waals surface area contributed by atoms with Crippen molar-refractivity contribution < 1.29 is 32.6 Å². The van der Waals surface area contributed by atoms with E-state index >= 15 is 0 Å². The van der Waals surface area contributed by atoms with E-state index in [0.717, 1.165) is 20.5 Å². The van der Waals surface area contributed by atoms with E-state index in [-0.39, 0.29) is 35.1 Å². The Hall–Kier alpha value is -2.90. The number of anilines is 2. The zero-order valence-electron chi connectivity index (χ0n) is 20.0. The molecule has 0 saturated heterocycles. The Balaban J connectivity index is 1.67. The lowest BCUT2D eigenvalue weighted by Gasteiger charge is -2.33. The van der Waals surface area contributed by atoms with Crippen LogP contribution in [0.4, 0.5) is 24.0 Å². The summed E-state index contributed by atoms with van der Waals surface area (Å²) in [6.07, 6.45) is -5.82. The molecule has 13 heteroatoms. The summed E-state index contributed by atoms with van der Waals surface area (Å²) in [4.78, 5) is 26.1. The molecule has 0 saturated carbocycles. The van der Waals surface area contributed by atoms with Crippen LogP contribution in [-0.4, -0.2) is 39.5 Å². The first-order chi connectivity index (χ1) is 17.4. The molecule has 37 heavy (non-hydrogen) atoms. The highest BCUT2D eigenvalue weighted by Gasteiger charge is 2.47. The van der Waals surface area contributed by atoms with Gasteiger partial charge >= 0.3 is 12.1 Å². The summed E-state index contributed by atoms with van der Waals surface area (Å²) in [7, 11) is 0. The second-order valence-electron chi connectivity index (χ2n) is 8.55. The topological polar surface area (TPSA) is 105 Å². The molecule has 3 aromatic rings. The molecule has 1 amide bonds. The molecule has 0 unspecified atom stereocenters. The van der Waals surface area contributed by atoms with E-state index in [0.29, 0.717) is 16.0 Å². The number of halogens is 4. The van der Waals surface area contributed by atoms with Crippen LogP contribution < -0.4 is 10.6 Å². The lowest BCUT2D eigenvalue weighted by molar-refractivity contribution is -0.173. The van der Waals surface area contributed by atoms with Gasteiger partial charge in [0.2, 0.25) is 0 Å². The van der Waals surface area contributed by atoms with Gasteiger partial charge in [-0.05, 0) is 44.0 Å². The number of nitrogens with one attached hydrogen (secondary N) is 2. The third-order valence-corrected chi connectivity index (χ3v) is 7.87. The Morgan fingerprint density at radius 2 is 2.03 bits per heavy atom. The summed E-state index contributed by atoms with van der Waals surface area (Å²) in [6, 6.07) is 5.60. The average molecular weight is 601 g/mol. The van der Waals surface area contributed by atoms with Crippen molar-refractivity contribution in [1.29, 1.82) is 0 Å². The van der Waals surface area contributed by atoms with Gasteiger partial charge in [-0.2, -0.15) is 18.3 Å². The number of ether oxygens (including phenoxy) is 1. The SMILES string of the molecule is CCOC(=O)c1c(NC(=O)c2cc3n(n2)[C@@H](C(F)(F)F)C[C@H](c2ccc(Br)cc2)N3)sc([C@@H](C)O)c1C. The van der Waals surface area contributed by atoms with Gasteiger partial charge in [-0.1, -0.05) is 28.1 Å². The van der Waals surface area contributed by atoms with Crippen molar-refractivity contribution in [3.63, 3.8) is 0 Å². The third-order valence-electron chi connectivity index (χ3n) is 5.96. The first kappa shape index (κ1) is 27.1. The van der Waals surface area contributed by atoms with E-state index < -0.39 is 36.2 Å². The summed E-state index contributed by atoms with van der Waals surface area (Å²) in [5.74, 6) is -1.43. The number of fused-ring (bicyclic) bond motifs is 1. The molecule has 3 heterocycles. The van der Waals surface area contributed by atoms with Gasteiger partial charge in [0.15, 0.2) is 11.7 Å². The van der Waals surface area contributed by atoms with Crippen LogP contribution in [-0.2, 0) is 4.74 Å². The van der Waals surface area contributed by atoms with Gasteiger partial charge in [0.25, 0.3) is 5.91 Å². The normalized spacial score (nSPS) is 18.1. The van der Waals surface area contributed by atoms with Crippen LogP contribution in [0.25, 0.3) is 0 Å². The number of aromatic nitrogens is 2. The number of carbonyl (C=O) groups excluding carboxylic acids is 2. The van der Waals surface area contributed by atoms with E-state index in [1.165, 1.54) is 13.0 Å². The number of hydrogen-bond donors (Lipinski definition) is 3. The molecule has 4 rings (SSSR count). The molecule has 3 N–H and O–H groups in total. The number of amides is 1. The van der Waals surface area contributed by atoms with Gasteiger partial charge in [0.05, 0.1) is 24.3 Å². The van der Waals surface area contributed by atoms with Gasteiger partial charge in [0.1, 0.15) is 10.8 Å². The standard InChI is InChI=1S/C24H24BrF3N4O4S/c1-4-36-23(35)19-11(2)20(12(3)33)37-22(19)30-21(34)16-10-18-29-15(13-5-7-14(25)8-6-13)9-17(24(26,27)28)32(18)31-16/h5-8,10,12,15,17,29,33H,4,9H2,1-3H3,(H,30,34)/t12-,15-,17-/m1/s1. The number of aliphatic hydroxyl groups excluding tert-OH is 1. The molecule has 0 spiro atoms. The highest BCUT2D eigenvalue weighted by Crippen LogP contribution is 2.44. The molecule has 1 aliphatic rings. The molecule has 198 valence electrons. The number of benzene rings is 1. The van der Waals surface area contributed by atoms with Crippen molar-refractivity contribution in [2.24, 2.45) is 0 Å². The van der Waals surface area contributed by atoms with Crippen molar-refractivity contribution in [3.8, 4) is 0 Å². The second-order valence-corrected chi connectivity index (χ2v) is 10.5. The molecule has 2 aromatic heterocycles. The quantitative estimate of drug-likeness (QED) is 0.293. The Bertz CT molecular complexity index is 1320. The highest BCUT2D eigenvalue weighted by atomic mass is 79.9. The summed E-state index contributed by atoms with van der Waals surface area (Å²) >= 11 is 4.31. The van der Waals surface area contributed by atoms with Gasteiger partial charge in [-0.3, -0.25) is 4.79 Å². The molecule has 1 aromatic carbocycles. The predicted octanol–water partition coefficient (Wildman–Crippen LogP) is 6.16. The summed E-state index contributed by atoms with van der Waals surface area (Å²) in [6.45, 7) is 4.88. The predicted molar refractivity (Wildman–Crippen MR) is 136 cm³/mol. The van der Waals surface area contributed by atoms with Gasteiger partial charge < -0.3 is 20.5 Å². The Labute approximate surface area is 222 Å². The number of nitrogens with zero attached hydrogens (tertiary/aromatic N) is 2. The second kappa shape index (κ2) is 10.5. The first-order valence-electron chi connectivity index (χ1n) is 11.4. The van der Waals surface area contributed by atoms with Crippen molar-refractivity contribution in [2.45, 2.75) is 51.6 Å². The van der Waals surface area contributed by atoms with Crippen molar-refractivity contribution in [2.75, 3.05) is 17.2 Å². The molecule has 0 bridgehead atoms. The number of esters is 1. The van der Waals surface area contributed by atoms with Gasteiger partial charge in [-0.25, -0.2) is 9.48 Å². The summed E-state index contributed by atoms with van der Waals surface area (Å²) in [5.41, 5.74) is 0.943. The molecular weight excluding hydrogens is 577 g/mol. The number of carbonyl (C=O) groups is 2. The lowest BCUT2D eigenvalue weighted by Crippen LogP contribution is -2.35. The molecular formula is C24H24BrF3N4O4S. The van der Waals surface area contributed by atoms with Crippen LogP contribution in [0.1, 0.15) is 75.3 Å². The van der Waals surface area contributed by atoms with Gasteiger partial charge in [-0.15, -0.1) is 11.3 Å². The maximum atomic E-state index is 14.0. The Kier molecular flexibility index (Phi) is 7.67. The molecule has 0 fully saturated rings. The van der Waals surface area contributed by atoms with Crippen LogP contribution >= 0.6 is 27.3 Å². The van der Waals surface area contributed by atoms with E-state index in [9.17, 15) is 27.9 Å². The minimum atomic E-state index is -4.60. The number of alkyl halides is 3. The van der Waals surface area contributed by atoms with Crippen LogP contribution in [0.2, 0.25) is 0 Å². The van der Waals surface area contributed by atoms with Crippen LogP contribution in [0.5, 0.6) is 0 Å². The molecule has 0 radical (unpaired) electrons. The number of aliphatic hydroxyl groups is 1. The minimum Gasteiger partial charge on any atom is -0.462 e. The van der Waals surface area contributed by atoms with E-state index in [4.69, 9.17) is 4.74 Å². The van der Waals surface area contributed by atoms with Crippen LogP contribution in [0.3, 0.4) is 0 Å². The van der Waals surface area contributed by atoms with Crippen molar-refractivity contribution in [1.82, 2.24) is 9.78 Å². The van der Waals surface area contributed by atoms with Crippen LogP contribution in [0.15, 0.2) is 34.8 Å². The highest BCUT2D eigenvalue weighted by molar-refractivity contribution is 9.10. The van der Waals surface area contributed by atoms with E-state index in [1.54, 1.807) is 38.1 Å². The fourth-order valence-electron chi connectivity index (χ4n) is 4.23. The Morgan fingerprint density at radius 3 is 2.62 bits per heavy atom. The number of thiophene rings is 1. The average Bonchev–Trinajstić information content (AvgIpc) is 3.39. The monoisotopic (exact) mass is 600 g/mol. The summed E-state index contributed by atoms with van der Waals surface area (Å²) < 4.78 is 48.7. The maximum Gasteiger partial charge on any atom is 0.410 e. The fraction of sp³-hybridized carbons (Fsp3) is 0.375. The fourth-order valence-corrected chi connectivity index (χ4v) is 5.62. The van der Waals surface area contributed by atoms with Crippen LogP contribution in [0, 0.1) is 6.92 Å². The molecule has 0 aliphatic carbocycles. The Morgan fingerprint density at radius 1 is 1.35 bits per heavy atom. The van der Waals surface area contributed by atoms with E-state index in [1.807, 2.05) is 0 Å². The van der Waals surface area contributed by atoms with Crippen molar-refractivity contribution in [3.05, 3.63) is 62.1 Å². The molecule has 3 atom stereocenters. The minimum absolute atomic E-state index is 0.0456. The third kappa shape index (κ3) is 5.53. The molecule has 8 nitrogen and oxygen atoms in total. The zero-order chi connectivity index (χ0) is 27.1. The largest absolute Gasteiger partial charge is 0.462 e. The zero-order valence-corrected chi connectivity index (χ0v) is 22.4. The summed E-state index contributed by atoms with van der Waals surface area (Å²) in [5, 5.41) is 19.8. The molecule has 1 aliphatic heterocycles. The smallest absolute Gasteiger partial charge is 0.410 e. The maximum absolute atomic E-state index is 14.0. The number of hydrogen-bond acceptors (Lipinski definition) is 7. The number of rotatable bonds is 6. The van der Waals surface area contributed by atoms with Gasteiger partial charge in [0, 0.05) is 21.8 Å². The first-order valence-corrected chi connectivity index (χ1v) is 13.0. The van der Waals surface area contributed by atoms with E-state index in [2.05, 4.69) is 31.7 Å².